The summed E-state index contributed by atoms with van der Waals surface area (Å²) in [4.78, 5) is 4.82. The summed E-state index contributed by atoms with van der Waals surface area (Å²) >= 11 is 0. The SMILES string of the molecule is [2H]c1c([2H])c([2H])c(-c2cc(C([2H])(C)C)cc(-c3c([2H])c([2H])c([2H])c([2H])c3[2H])c2-[n+]2[c-]n(-c3cccc(Oc4ccc5c6ccccc6n(-c6cc(C(C)(C)C)ccn6)c5c4)c3)c3ccccc32)c([2H])c1[2H]. The van der Waals surface area contributed by atoms with Crippen molar-refractivity contribution in [3.05, 3.63) is 199 Å². The van der Waals surface area contributed by atoms with Crippen LogP contribution < -0.4 is 9.30 Å². The molecule has 0 fully saturated rings. The van der Waals surface area contributed by atoms with Crippen LogP contribution in [0, 0.1) is 6.33 Å². The van der Waals surface area contributed by atoms with E-state index in [-0.39, 0.29) is 33.4 Å². The van der Waals surface area contributed by atoms with Crippen molar-refractivity contribution in [3.8, 4) is 50.9 Å². The molecule has 0 aliphatic rings. The lowest BCUT2D eigenvalue weighted by Crippen LogP contribution is -2.31. The summed E-state index contributed by atoms with van der Waals surface area (Å²) in [6.07, 6.45) is 5.29. The van der Waals surface area contributed by atoms with Crippen LogP contribution in [0.2, 0.25) is 0 Å². The van der Waals surface area contributed by atoms with E-state index < -0.39 is 66.3 Å². The highest BCUT2D eigenvalue weighted by Crippen LogP contribution is 2.39. The molecular weight excluding hydrogens is 733 g/mol. The number of hydrogen-bond donors (Lipinski definition) is 0. The second-order valence-corrected chi connectivity index (χ2v) is 16.0. The molecule has 5 heteroatoms. The van der Waals surface area contributed by atoms with Crippen molar-refractivity contribution in [1.82, 2.24) is 14.1 Å². The van der Waals surface area contributed by atoms with Crippen LogP contribution in [0.5, 0.6) is 11.5 Å². The number of fused-ring (bicyclic) bond motifs is 4. The Balaban J connectivity index is 1.18. The standard InChI is InChI=1S/C55H46N4O/c1-37(2)40-31-47(38-17-8-6-9-18-38)54(48(32-40)39-19-10-7-11-20-39)58-36-57(50-25-14-15-26-51(50)58)42-21-16-22-43(34-42)60-44-27-28-46-45-23-12-13-24-49(45)59(52(46)35-44)53-33-41(29-30-56-53)55(3,4)5/h6-35,37H,1-5H3/i6D,7D,8D,9D,10D,11D,17D,18D,19D,20D,37D. The Morgan fingerprint density at radius 2 is 1.32 bits per heavy atom. The number of aromatic nitrogens is 4. The number of para-hydroxylation sites is 3. The van der Waals surface area contributed by atoms with E-state index in [1.807, 2.05) is 85.1 Å². The summed E-state index contributed by atoms with van der Waals surface area (Å²) in [5, 5.41) is 2.11. The summed E-state index contributed by atoms with van der Waals surface area (Å²) in [5.74, 6) is 0.484. The molecule has 0 radical (unpaired) electrons. The molecule has 0 amide bonds. The summed E-state index contributed by atoms with van der Waals surface area (Å²) in [6.45, 7) is 9.75. The van der Waals surface area contributed by atoms with E-state index in [9.17, 15) is 6.85 Å². The lowest BCUT2D eigenvalue weighted by atomic mass is 9.88. The van der Waals surface area contributed by atoms with Gasteiger partial charge in [0.25, 0.3) is 6.33 Å². The molecule has 0 aliphatic heterocycles. The maximum absolute atomic E-state index is 9.18. The van der Waals surface area contributed by atoms with E-state index in [0.29, 0.717) is 33.8 Å². The first-order chi connectivity index (χ1) is 33.6. The Labute approximate surface area is 366 Å². The van der Waals surface area contributed by atoms with Crippen molar-refractivity contribution in [2.24, 2.45) is 0 Å². The monoisotopic (exact) mass is 789 g/mol. The predicted octanol–water partition coefficient (Wildman–Crippen LogP) is 13.7. The van der Waals surface area contributed by atoms with Crippen molar-refractivity contribution in [2.45, 2.75) is 45.9 Å². The smallest absolute Gasteiger partial charge is 0.269 e. The van der Waals surface area contributed by atoms with Gasteiger partial charge in [0.05, 0.1) is 47.1 Å². The van der Waals surface area contributed by atoms with Gasteiger partial charge in [0.1, 0.15) is 17.3 Å². The van der Waals surface area contributed by atoms with Gasteiger partial charge in [-0.15, -0.1) is 0 Å². The molecule has 0 atom stereocenters. The zero-order chi connectivity index (χ0) is 50.6. The van der Waals surface area contributed by atoms with E-state index >= 15 is 0 Å². The molecule has 0 bridgehead atoms. The van der Waals surface area contributed by atoms with Crippen LogP contribution in [0.15, 0.2) is 182 Å². The van der Waals surface area contributed by atoms with Crippen molar-refractivity contribution >= 4 is 32.8 Å². The van der Waals surface area contributed by atoms with Crippen LogP contribution in [0.3, 0.4) is 0 Å². The van der Waals surface area contributed by atoms with E-state index in [1.54, 1.807) is 41.2 Å². The van der Waals surface area contributed by atoms with Crippen molar-refractivity contribution in [2.75, 3.05) is 0 Å². The minimum atomic E-state index is -1.37. The minimum Gasteiger partial charge on any atom is -0.458 e. The topological polar surface area (TPSA) is 35.9 Å². The number of hydrogen-bond acceptors (Lipinski definition) is 2. The van der Waals surface area contributed by atoms with Gasteiger partial charge in [0.2, 0.25) is 0 Å². The first kappa shape index (κ1) is 26.7. The quantitative estimate of drug-likeness (QED) is 0.114. The molecule has 292 valence electrons. The van der Waals surface area contributed by atoms with Crippen LogP contribution in [0.4, 0.5) is 0 Å². The second kappa shape index (κ2) is 14.9. The molecule has 10 rings (SSSR count). The Hall–Kier alpha value is -7.24. The van der Waals surface area contributed by atoms with Crippen molar-refractivity contribution < 1.29 is 24.4 Å². The van der Waals surface area contributed by atoms with Gasteiger partial charge >= 0.3 is 0 Å². The van der Waals surface area contributed by atoms with E-state index in [2.05, 4.69) is 49.9 Å². The number of pyridine rings is 1. The van der Waals surface area contributed by atoms with Crippen LogP contribution in [-0.4, -0.2) is 14.1 Å². The Bertz CT molecular complexity index is 3700. The normalized spacial score (nSPS) is 14.7. The van der Waals surface area contributed by atoms with Gasteiger partial charge in [-0.1, -0.05) is 156 Å². The van der Waals surface area contributed by atoms with Gasteiger partial charge in [-0.2, -0.15) is 0 Å². The molecule has 0 aliphatic carbocycles. The molecule has 60 heavy (non-hydrogen) atoms. The summed E-state index contributed by atoms with van der Waals surface area (Å²) in [7, 11) is 0. The molecule has 0 unspecified atom stereocenters. The molecule has 10 aromatic rings. The van der Waals surface area contributed by atoms with Gasteiger partial charge < -0.3 is 4.74 Å². The third kappa shape index (κ3) is 6.62. The fraction of sp³-hybridized carbons (Fsp3) is 0.127. The average Bonchev–Trinajstić information content (AvgIpc) is 3.89. The Kier molecular flexibility index (Phi) is 6.61. The van der Waals surface area contributed by atoms with Crippen LogP contribution in [-0.2, 0) is 5.41 Å². The summed E-state index contributed by atoms with van der Waals surface area (Å²) < 4.78 is 110. The Morgan fingerprint density at radius 3 is 2.02 bits per heavy atom. The second-order valence-electron chi connectivity index (χ2n) is 16.0. The average molecular weight is 790 g/mol. The number of imidazole rings is 1. The zero-order valence-corrected chi connectivity index (χ0v) is 33.7. The lowest BCUT2D eigenvalue weighted by molar-refractivity contribution is -0.571. The highest BCUT2D eigenvalue weighted by Gasteiger charge is 2.22. The number of nitrogens with zero attached hydrogens (tertiary/aromatic N) is 4. The minimum absolute atomic E-state index is 0.0658. The van der Waals surface area contributed by atoms with E-state index in [4.69, 9.17) is 17.9 Å². The van der Waals surface area contributed by atoms with Gasteiger partial charge in [-0.25, -0.2) is 4.98 Å². The summed E-state index contributed by atoms with van der Waals surface area (Å²) in [5.41, 5.74) is 4.85. The van der Waals surface area contributed by atoms with Gasteiger partial charge in [-0.3, -0.25) is 13.7 Å². The molecule has 0 saturated carbocycles. The van der Waals surface area contributed by atoms with E-state index in [0.717, 1.165) is 33.2 Å². The van der Waals surface area contributed by atoms with Gasteiger partial charge in [0.15, 0.2) is 0 Å². The molecule has 3 heterocycles. The highest BCUT2D eigenvalue weighted by molar-refractivity contribution is 6.09. The lowest BCUT2D eigenvalue weighted by Gasteiger charge is -2.20. The van der Waals surface area contributed by atoms with Gasteiger partial charge in [0, 0.05) is 24.4 Å². The fourth-order valence-electron chi connectivity index (χ4n) is 7.82. The number of benzene rings is 7. The van der Waals surface area contributed by atoms with Crippen molar-refractivity contribution in [3.63, 3.8) is 0 Å². The maximum atomic E-state index is 9.18. The van der Waals surface area contributed by atoms with Crippen LogP contribution >= 0.6 is 0 Å². The third-order valence-corrected chi connectivity index (χ3v) is 10.8. The molecule has 5 nitrogen and oxygen atoms in total. The van der Waals surface area contributed by atoms with Crippen LogP contribution in [0.1, 0.15) is 66.7 Å². The Morgan fingerprint density at radius 1 is 0.667 bits per heavy atom. The molecule has 0 N–H and O–H groups in total. The third-order valence-electron chi connectivity index (χ3n) is 10.8. The molecule has 0 spiro atoms. The molecular formula is C55H46N4O. The first-order valence-corrected chi connectivity index (χ1v) is 19.7. The molecule has 7 aromatic carbocycles. The fourth-order valence-corrected chi connectivity index (χ4v) is 7.82. The highest BCUT2D eigenvalue weighted by atomic mass is 16.5. The van der Waals surface area contributed by atoms with Crippen molar-refractivity contribution in [1.29, 1.82) is 0 Å². The first-order valence-electron chi connectivity index (χ1n) is 25.2. The van der Waals surface area contributed by atoms with Crippen LogP contribution in [0.25, 0.3) is 72.3 Å². The number of rotatable bonds is 8. The summed E-state index contributed by atoms with van der Waals surface area (Å²) in [6, 6.07) is 30.6. The van der Waals surface area contributed by atoms with Gasteiger partial charge in [-0.05, 0) is 93.2 Å². The predicted molar refractivity (Wildman–Crippen MR) is 246 cm³/mol. The zero-order valence-electron chi connectivity index (χ0n) is 44.7. The number of ether oxygens (including phenoxy) is 1. The molecule has 0 saturated heterocycles. The molecule has 3 aromatic heterocycles. The maximum Gasteiger partial charge on any atom is 0.269 e. The van der Waals surface area contributed by atoms with E-state index in [1.165, 1.54) is 0 Å². The largest absolute Gasteiger partial charge is 0.458 e.